The molecule has 8 heteroatoms. The van der Waals surface area contributed by atoms with Gasteiger partial charge in [-0.15, -0.1) is 0 Å². The number of fused-ring (bicyclic) bond motifs is 1. The number of aryl methyl sites for hydroxylation is 1. The van der Waals surface area contributed by atoms with Crippen LogP contribution < -0.4 is 10.1 Å². The van der Waals surface area contributed by atoms with Crippen molar-refractivity contribution in [3.05, 3.63) is 54.7 Å². The number of pyridine rings is 1. The van der Waals surface area contributed by atoms with Crippen molar-refractivity contribution in [1.82, 2.24) is 24.5 Å². The van der Waals surface area contributed by atoms with Crippen molar-refractivity contribution in [2.75, 3.05) is 11.9 Å². The number of rotatable bonds is 6. The van der Waals surface area contributed by atoms with Crippen LogP contribution in [0.2, 0.25) is 0 Å². The lowest BCUT2D eigenvalue weighted by molar-refractivity contribution is 0.130. The normalized spacial score (nSPS) is 18.7. The number of anilines is 1. The highest BCUT2D eigenvalue weighted by Gasteiger charge is 2.27. The van der Waals surface area contributed by atoms with Gasteiger partial charge in [0.25, 0.3) is 0 Å². The van der Waals surface area contributed by atoms with Crippen LogP contribution >= 0.6 is 0 Å². The first-order chi connectivity index (χ1) is 15.6. The molecule has 0 atom stereocenters. The average molecular weight is 435 g/mol. The molecule has 0 unspecified atom stereocenters. The van der Waals surface area contributed by atoms with Gasteiger partial charge in [-0.2, -0.15) is 10.2 Å². The predicted molar refractivity (Wildman–Crippen MR) is 122 cm³/mol. The van der Waals surface area contributed by atoms with Gasteiger partial charge in [0.2, 0.25) is 0 Å². The van der Waals surface area contributed by atoms with Crippen molar-refractivity contribution in [2.24, 2.45) is 7.05 Å². The second-order valence-corrected chi connectivity index (χ2v) is 8.32. The number of halogens is 1. The molecule has 4 aromatic rings. The van der Waals surface area contributed by atoms with Crippen molar-refractivity contribution in [3.63, 3.8) is 0 Å². The molecule has 1 fully saturated rings. The molecule has 0 spiro atoms. The Morgan fingerprint density at radius 1 is 1.16 bits per heavy atom. The summed E-state index contributed by atoms with van der Waals surface area (Å²) in [5.74, 6) is 1.17. The van der Waals surface area contributed by atoms with E-state index in [2.05, 4.69) is 33.1 Å². The quantitative estimate of drug-likeness (QED) is 0.464. The largest absolute Gasteiger partial charge is 0.490 e. The summed E-state index contributed by atoms with van der Waals surface area (Å²) in [6, 6.07) is 8.73. The molecule has 0 radical (unpaired) electrons. The lowest BCUT2D eigenvalue weighted by Gasteiger charge is -2.29. The first kappa shape index (κ1) is 20.5. The number of hydrogen-bond donors (Lipinski definition) is 1. The average Bonchev–Trinajstić information content (AvgIpc) is 3.38. The molecule has 1 saturated carbocycles. The molecule has 0 saturated heterocycles. The smallest absolute Gasteiger partial charge is 0.128 e. The first-order valence-corrected chi connectivity index (χ1v) is 11.1. The van der Waals surface area contributed by atoms with Crippen LogP contribution in [0.25, 0.3) is 22.2 Å². The molecular weight excluding hydrogens is 407 g/mol. The maximum atomic E-state index is 13.5. The molecule has 0 amide bonds. The van der Waals surface area contributed by atoms with Crippen LogP contribution in [0.1, 0.15) is 38.6 Å². The molecule has 1 aliphatic carbocycles. The first-order valence-electron chi connectivity index (χ1n) is 11.1. The molecule has 1 N–H and O–H groups in total. The monoisotopic (exact) mass is 434 g/mol. The number of hydrogen-bond acceptors (Lipinski definition) is 5. The lowest BCUT2D eigenvalue weighted by atomic mass is 9.93. The zero-order valence-corrected chi connectivity index (χ0v) is 18.3. The fraction of sp³-hybridized carbons (Fsp3) is 0.375. The summed E-state index contributed by atoms with van der Waals surface area (Å²) in [6.45, 7) is 2.87. The molecule has 166 valence electrons. The fourth-order valence-electron chi connectivity index (χ4n) is 4.49. The van der Waals surface area contributed by atoms with E-state index in [1.54, 1.807) is 10.7 Å². The van der Waals surface area contributed by atoms with Crippen molar-refractivity contribution >= 4 is 16.7 Å². The summed E-state index contributed by atoms with van der Waals surface area (Å²) in [5.41, 5.74) is 2.96. The number of nitrogens with one attached hydrogen (secondary N) is 1. The SMILES string of the molecule is CCNc1cc2c(cn1)c(-c1cnn(C)c1)nn2C1CCC(Oc2cccc(F)c2)CC1. The lowest BCUT2D eigenvalue weighted by Crippen LogP contribution is -2.26. The standard InChI is InChI=1S/C24H27FN6O/c1-3-26-23-12-22-21(14-27-23)24(16-13-28-30(2)15-16)29-31(22)18-7-9-19(10-8-18)32-20-6-4-5-17(25)11-20/h4-6,11-15,18-19H,3,7-10H2,1-2H3,(H,26,27). The topological polar surface area (TPSA) is 69.8 Å². The Bertz CT molecular complexity index is 1220. The van der Waals surface area contributed by atoms with Gasteiger partial charge >= 0.3 is 0 Å². The van der Waals surface area contributed by atoms with Crippen LogP contribution in [-0.4, -0.2) is 37.2 Å². The second-order valence-electron chi connectivity index (χ2n) is 8.32. The third-order valence-electron chi connectivity index (χ3n) is 6.02. The summed E-state index contributed by atoms with van der Waals surface area (Å²) in [7, 11) is 1.91. The van der Waals surface area contributed by atoms with Gasteiger partial charge in [-0.05, 0) is 44.7 Å². The van der Waals surface area contributed by atoms with Crippen LogP contribution in [0.5, 0.6) is 5.75 Å². The molecule has 0 aliphatic heterocycles. The van der Waals surface area contributed by atoms with E-state index in [1.807, 2.05) is 31.7 Å². The maximum Gasteiger partial charge on any atom is 0.128 e. The third kappa shape index (κ3) is 4.04. The highest BCUT2D eigenvalue weighted by atomic mass is 19.1. The van der Waals surface area contributed by atoms with E-state index in [-0.39, 0.29) is 18.0 Å². The Hall–Kier alpha value is -3.42. The zero-order chi connectivity index (χ0) is 22.1. The minimum atomic E-state index is -0.271. The molecule has 5 rings (SSSR count). The van der Waals surface area contributed by atoms with Gasteiger partial charge in [0.05, 0.1) is 23.9 Å². The van der Waals surface area contributed by atoms with Crippen LogP contribution in [0.3, 0.4) is 0 Å². The van der Waals surface area contributed by atoms with Crippen LogP contribution in [0.4, 0.5) is 10.2 Å². The van der Waals surface area contributed by atoms with E-state index < -0.39 is 0 Å². The number of ether oxygens (including phenoxy) is 1. The fourth-order valence-corrected chi connectivity index (χ4v) is 4.49. The number of benzene rings is 1. The third-order valence-corrected chi connectivity index (χ3v) is 6.02. The van der Waals surface area contributed by atoms with E-state index in [9.17, 15) is 4.39 Å². The van der Waals surface area contributed by atoms with Crippen molar-refractivity contribution in [1.29, 1.82) is 0 Å². The molecule has 1 aliphatic rings. The molecule has 3 aromatic heterocycles. The Morgan fingerprint density at radius 3 is 2.72 bits per heavy atom. The summed E-state index contributed by atoms with van der Waals surface area (Å²) < 4.78 is 23.5. The molecule has 1 aromatic carbocycles. The molecule has 0 bridgehead atoms. The Labute approximate surface area is 186 Å². The molecule has 32 heavy (non-hydrogen) atoms. The van der Waals surface area contributed by atoms with Gasteiger partial charge < -0.3 is 10.1 Å². The van der Waals surface area contributed by atoms with Crippen LogP contribution in [-0.2, 0) is 7.05 Å². The van der Waals surface area contributed by atoms with E-state index in [0.717, 1.165) is 60.2 Å². The van der Waals surface area contributed by atoms with Gasteiger partial charge in [-0.3, -0.25) is 9.36 Å². The van der Waals surface area contributed by atoms with Gasteiger partial charge in [-0.25, -0.2) is 9.37 Å². The molecule has 7 nitrogen and oxygen atoms in total. The Kier molecular flexibility index (Phi) is 5.51. The van der Waals surface area contributed by atoms with Gasteiger partial charge in [-0.1, -0.05) is 6.07 Å². The van der Waals surface area contributed by atoms with Crippen LogP contribution in [0, 0.1) is 5.82 Å². The van der Waals surface area contributed by atoms with E-state index in [0.29, 0.717) is 5.75 Å². The Morgan fingerprint density at radius 2 is 2.00 bits per heavy atom. The van der Waals surface area contributed by atoms with Gasteiger partial charge in [0.15, 0.2) is 0 Å². The summed E-state index contributed by atoms with van der Waals surface area (Å²) in [6.07, 6.45) is 9.50. The van der Waals surface area contributed by atoms with Crippen LogP contribution in [0.15, 0.2) is 48.9 Å². The zero-order valence-electron chi connectivity index (χ0n) is 18.3. The van der Waals surface area contributed by atoms with E-state index >= 15 is 0 Å². The minimum absolute atomic E-state index is 0.0895. The molecule has 3 heterocycles. The number of nitrogens with zero attached hydrogens (tertiary/aromatic N) is 5. The number of aromatic nitrogens is 5. The summed E-state index contributed by atoms with van der Waals surface area (Å²) in [4.78, 5) is 4.57. The van der Waals surface area contributed by atoms with Gasteiger partial charge in [0, 0.05) is 49.1 Å². The minimum Gasteiger partial charge on any atom is -0.490 e. The van der Waals surface area contributed by atoms with E-state index in [4.69, 9.17) is 9.84 Å². The highest BCUT2D eigenvalue weighted by molar-refractivity contribution is 5.93. The summed E-state index contributed by atoms with van der Waals surface area (Å²) in [5, 5.41) is 13.7. The molecular formula is C24H27FN6O. The van der Waals surface area contributed by atoms with E-state index in [1.165, 1.54) is 12.1 Å². The van der Waals surface area contributed by atoms with Crippen molar-refractivity contribution in [2.45, 2.75) is 44.8 Å². The predicted octanol–water partition coefficient (Wildman–Crippen LogP) is 4.97. The highest BCUT2D eigenvalue weighted by Crippen LogP contribution is 2.36. The second kappa shape index (κ2) is 8.61. The Balaban J connectivity index is 1.41. The summed E-state index contributed by atoms with van der Waals surface area (Å²) >= 11 is 0. The maximum absolute atomic E-state index is 13.5. The van der Waals surface area contributed by atoms with Gasteiger partial charge in [0.1, 0.15) is 23.1 Å². The van der Waals surface area contributed by atoms with Crippen molar-refractivity contribution < 1.29 is 9.13 Å². The van der Waals surface area contributed by atoms with Crippen molar-refractivity contribution in [3.8, 4) is 17.0 Å².